The van der Waals surface area contributed by atoms with Crippen LogP contribution in [0.4, 0.5) is 0 Å². The van der Waals surface area contributed by atoms with Crippen LogP contribution in [0.3, 0.4) is 0 Å². The Morgan fingerprint density at radius 2 is 2.09 bits per heavy atom. The van der Waals surface area contributed by atoms with Gasteiger partial charge in [-0.05, 0) is 24.1 Å². The van der Waals surface area contributed by atoms with Gasteiger partial charge in [-0.2, -0.15) is 0 Å². The zero-order valence-electron chi connectivity index (χ0n) is 13.1. The predicted octanol–water partition coefficient (Wildman–Crippen LogP) is 3.47. The van der Waals surface area contributed by atoms with Crippen molar-refractivity contribution in [3.63, 3.8) is 0 Å². The van der Waals surface area contributed by atoms with Crippen molar-refractivity contribution in [1.82, 2.24) is 0 Å². The molecule has 0 N–H and O–H groups in total. The van der Waals surface area contributed by atoms with Crippen LogP contribution in [0.15, 0.2) is 36.4 Å². The van der Waals surface area contributed by atoms with E-state index in [2.05, 4.69) is 0 Å². The van der Waals surface area contributed by atoms with E-state index in [0.717, 1.165) is 11.3 Å². The van der Waals surface area contributed by atoms with E-state index in [1.165, 1.54) is 0 Å². The summed E-state index contributed by atoms with van der Waals surface area (Å²) in [6.45, 7) is 1.30. The quantitative estimate of drug-likeness (QED) is 0.449. The SMILES string of the molecule is COc1ccc(COCC[C@H]2C[C@@H]3C=CCO[P@@](=O)(O2)O3)cc1. The molecule has 1 aromatic carbocycles. The zero-order valence-corrected chi connectivity index (χ0v) is 13.9. The van der Waals surface area contributed by atoms with Gasteiger partial charge >= 0.3 is 7.82 Å². The molecular weight excluding hydrogens is 319 g/mol. The first-order valence-corrected chi connectivity index (χ1v) is 9.12. The summed E-state index contributed by atoms with van der Waals surface area (Å²) in [5.41, 5.74) is 1.08. The lowest BCUT2D eigenvalue weighted by atomic mass is 10.1. The van der Waals surface area contributed by atoms with Crippen molar-refractivity contribution in [1.29, 1.82) is 0 Å². The first-order chi connectivity index (χ1) is 11.2. The van der Waals surface area contributed by atoms with Crippen LogP contribution < -0.4 is 4.74 Å². The van der Waals surface area contributed by atoms with E-state index < -0.39 is 7.82 Å². The van der Waals surface area contributed by atoms with Gasteiger partial charge < -0.3 is 9.47 Å². The van der Waals surface area contributed by atoms with E-state index in [-0.39, 0.29) is 18.8 Å². The number of benzene rings is 1. The molecule has 3 atom stereocenters. The van der Waals surface area contributed by atoms with Crippen molar-refractivity contribution in [3.05, 3.63) is 42.0 Å². The molecule has 1 fully saturated rings. The molecule has 0 radical (unpaired) electrons. The van der Waals surface area contributed by atoms with Crippen LogP contribution in [0.5, 0.6) is 5.75 Å². The average Bonchev–Trinajstić information content (AvgIpc) is 2.69. The lowest BCUT2D eigenvalue weighted by Crippen LogP contribution is -2.28. The van der Waals surface area contributed by atoms with E-state index in [0.29, 0.717) is 26.1 Å². The molecule has 1 aromatic rings. The van der Waals surface area contributed by atoms with Crippen molar-refractivity contribution in [3.8, 4) is 5.75 Å². The number of fused-ring (bicyclic) bond motifs is 2. The highest BCUT2D eigenvalue weighted by molar-refractivity contribution is 7.48. The maximum atomic E-state index is 12.2. The Labute approximate surface area is 135 Å². The molecule has 23 heavy (non-hydrogen) atoms. The highest BCUT2D eigenvalue weighted by Crippen LogP contribution is 2.56. The van der Waals surface area contributed by atoms with E-state index in [4.69, 9.17) is 23.0 Å². The fourth-order valence-corrected chi connectivity index (χ4v) is 4.02. The molecule has 2 aliphatic heterocycles. The topological polar surface area (TPSA) is 63.2 Å². The Morgan fingerprint density at radius 3 is 2.87 bits per heavy atom. The fourth-order valence-electron chi connectivity index (χ4n) is 2.53. The highest BCUT2D eigenvalue weighted by Gasteiger charge is 2.40. The van der Waals surface area contributed by atoms with Crippen LogP contribution in [0.2, 0.25) is 0 Å². The van der Waals surface area contributed by atoms with Crippen molar-refractivity contribution < 1.29 is 27.6 Å². The second kappa shape index (κ2) is 7.60. The standard InChI is InChI=1S/C16H21O6P/c1-18-14-6-4-13(5-7-14)12-19-10-8-16-11-15-3-2-9-20-23(17,21-15)22-16/h2-7,15-16H,8-12H2,1H3/t15-,16-,23+/m0/s1. The molecule has 2 heterocycles. The van der Waals surface area contributed by atoms with Gasteiger partial charge in [0.2, 0.25) is 0 Å². The normalized spacial score (nSPS) is 30.0. The van der Waals surface area contributed by atoms with Crippen molar-refractivity contribution >= 4 is 7.82 Å². The van der Waals surface area contributed by atoms with Crippen LogP contribution in [0.25, 0.3) is 0 Å². The third kappa shape index (κ3) is 4.66. The summed E-state index contributed by atoms with van der Waals surface area (Å²) in [5.74, 6) is 0.824. The van der Waals surface area contributed by atoms with Crippen molar-refractivity contribution in [2.75, 3.05) is 20.3 Å². The molecule has 3 rings (SSSR count). The summed E-state index contributed by atoms with van der Waals surface area (Å²) in [5, 5.41) is 0. The minimum Gasteiger partial charge on any atom is -0.497 e. The van der Waals surface area contributed by atoms with Crippen LogP contribution in [-0.2, 0) is 29.5 Å². The van der Waals surface area contributed by atoms with Gasteiger partial charge in [-0.1, -0.05) is 24.3 Å². The van der Waals surface area contributed by atoms with E-state index in [1.807, 2.05) is 36.4 Å². The van der Waals surface area contributed by atoms with Gasteiger partial charge in [0.1, 0.15) is 5.75 Å². The van der Waals surface area contributed by atoms with Crippen LogP contribution >= 0.6 is 7.82 Å². The van der Waals surface area contributed by atoms with Gasteiger partial charge in [-0.3, -0.25) is 13.6 Å². The molecule has 6 nitrogen and oxygen atoms in total. The lowest BCUT2D eigenvalue weighted by molar-refractivity contribution is -0.00462. The lowest BCUT2D eigenvalue weighted by Gasteiger charge is -2.31. The van der Waals surface area contributed by atoms with Crippen LogP contribution in [0.1, 0.15) is 18.4 Å². The molecular formula is C16H21O6P. The number of hydrogen-bond donors (Lipinski definition) is 0. The monoisotopic (exact) mass is 340 g/mol. The average molecular weight is 340 g/mol. The van der Waals surface area contributed by atoms with Gasteiger partial charge in [0.05, 0.1) is 32.5 Å². The Morgan fingerprint density at radius 1 is 1.26 bits per heavy atom. The minimum absolute atomic E-state index is 0.182. The maximum Gasteiger partial charge on any atom is 0.475 e. The van der Waals surface area contributed by atoms with Gasteiger partial charge in [-0.25, -0.2) is 4.57 Å². The Balaban J connectivity index is 1.43. The largest absolute Gasteiger partial charge is 0.497 e. The van der Waals surface area contributed by atoms with Gasteiger partial charge in [-0.15, -0.1) is 0 Å². The molecule has 1 saturated heterocycles. The maximum absolute atomic E-state index is 12.2. The summed E-state index contributed by atoms with van der Waals surface area (Å²) in [6, 6.07) is 7.74. The van der Waals surface area contributed by atoms with Gasteiger partial charge in [0.15, 0.2) is 0 Å². The van der Waals surface area contributed by atoms with E-state index in [1.54, 1.807) is 7.11 Å². The molecule has 0 spiro atoms. The molecule has 2 bridgehead atoms. The molecule has 7 heteroatoms. The number of rotatable bonds is 6. The summed E-state index contributed by atoms with van der Waals surface area (Å²) >= 11 is 0. The minimum atomic E-state index is -3.41. The number of phosphoric acid groups is 1. The second-order valence-corrected chi connectivity index (χ2v) is 7.04. The molecule has 0 saturated carbocycles. The third-order valence-corrected chi connectivity index (χ3v) is 5.28. The first-order valence-electron chi connectivity index (χ1n) is 7.65. The Hall–Kier alpha value is -1.17. The van der Waals surface area contributed by atoms with Crippen LogP contribution in [0, 0.1) is 0 Å². The van der Waals surface area contributed by atoms with Gasteiger partial charge in [0.25, 0.3) is 0 Å². The molecule has 0 amide bonds. The van der Waals surface area contributed by atoms with E-state index in [9.17, 15) is 4.57 Å². The summed E-state index contributed by atoms with van der Waals surface area (Å²) in [4.78, 5) is 0. The summed E-state index contributed by atoms with van der Waals surface area (Å²) < 4.78 is 39.0. The number of methoxy groups -OCH3 is 1. The molecule has 0 aromatic heterocycles. The fraction of sp³-hybridized carbons (Fsp3) is 0.500. The van der Waals surface area contributed by atoms with E-state index >= 15 is 0 Å². The molecule has 2 aliphatic rings. The van der Waals surface area contributed by atoms with Crippen molar-refractivity contribution in [2.24, 2.45) is 0 Å². The highest BCUT2D eigenvalue weighted by atomic mass is 31.2. The molecule has 0 aliphatic carbocycles. The summed E-state index contributed by atoms with van der Waals surface area (Å²) in [7, 11) is -1.77. The summed E-state index contributed by atoms with van der Waals surface area (Å²) in [6.07, 6.45) is 4.62. The zero-order chi connectivity index (χ0) is 16.1. The first kappa shape index (κ1) is 16.7. The number of phosphoric ester groups is 1. The Bertz CT molecular complexity index is 585. The number of ether oxygens (including phenoxy) is 2. The van der Waals surface area contributed by atoms with Crippen LogP contribution in [-0.4, -0.2) is 32.5 Å². The second-order valence-electron chi connectivity index (χ2n) is 5.47. The number of hydrogen-bond acceptors (Lipinski definition) is 6. The van der Waals surface area contributed by atoms with Crippen molar-refractivity contribution in [2.45, 2.75) is 31.7 Å². The predicted molar refractivity (Wildman–Crippen MR) is 84.3 cm³/mol. The Kier molecular flexibility index (Phi) is 5.51. The molecule has 0 unspecified atom stereocenters. The van der Waals surface area contributed by atoms with Gasteiger partial charge in [0, 0.05) is 13.0 Å². The molecule has 126 valence electrons. The third-order valence-electron chi connectivity index (χ3n) is 3.73. The smallest absolute Gasteiger partial charge is 0.475 e.